The van der Waals surface area contributed by atoms with E-state index in [1.165, 1.54) is 11.1 Å². The second kappa shape index (κ2) is 11.3. The largest absolute Gasteiger partial charge is 0.311 e. The maximum absolute atomic E-state index is 13.1. The van der Waals surface area contributed by atoms with E-state index in [0.717, 1.165) is 19.6 Å². The number of nitrogens with one attached hydrogen (secondary N) is 1. The van der Waals surface area contributed by atoms with E-state index >= 15 is 0 Å². The van der Waals surface area contributed by atoms with Crippen LogP contribution in [0.5, 0.6) is 0 Å². The van der Waals surface area contributed by atoms with E-state index in [2.05, 4.69) is 41.4 Å². The predicted octanol–water partition coefficient (Wildman–Crippen LogP) is 3.16. The van der Waals surface area contributed by atoms with E-state index in [1.54, 1.807) is 23.9 Å². The molecule has 1 N–H and O–H groups in total. The van der Waals surface area contributed by atoms with Gasteiger partial charge in [0.2, 0.25) is 0 Å². The van der Waals surface area contributed by atoms with Crippen molar-refractivity contribution in [2.24, 2.45) is 0 Å². The fraction of sp³-hybridized carbons (Fsp3) is 0.400. The Hall–Kier alpha value is -1.30. The molecular weight excluding hydrogens is 330 g/mol. The van der Waals surface area contributed by atoms with Crippen LogP contribution < -0.4 is 5.32 Å². The first-order valence-corrected chi connectivity index (χ1v) is 9.94. The second-order valence-electron chi connectivity index (χ2n) is 6.20. The van der Waals surface area contributed by atoms with Gasteiger partial charge < -0.3 is 5.32 Å². The number of thioether (sulfide) groups is 1. The van der Waals surface area contributed by atoms with Gasteiger partial charge in [0.15, 0.2) is 0 Å². The molecule has 1 aliphatic rings. The molecule has 2 atom stereocenters. The van der Waals surface area contributed by atoms with Gasteiger partial charge in [-0.25, -0.2) is 4.39 Å². The Morgan fingerprint density at radius 2 is 1.68 bits per heavy atom. The summed E-state index contributed by atoms with van der Waals surface area (Å²) in [6, 6.07) is 18.2. The third-order valence-corrected chi connectivity index (χ3v) is 4.09. The molecule has 1 aliphatic heterocycles. The van der Waals surface area contributed by atoms with E-state index < -0.39 is 0 Å². The van der Waals surface area contributed by atoms with Crippen molar-refractivity contribution in [3.63, 3.8) is 0 Å². The van der Waals surface area contributed by atoms with Gasteiger partial charge >= 0.3 is 0 Å². The van der Waals surface area contributed by atoms with Crippen molar-refractivity contribution in [2.45, 2.75) is 25.6 Å². The number of piperazine rings is 1. The SMILES string of the molecule is B.CSC.C[C@@H]1CN(Cc2ccccc2)[C@@H](c2ccc(F)cc2)CN1. The van der Waals surface area contributed by atoms with Gasteiger partial charge in [-0.2, -0.15) is 11.8 Å². The maximum Gasteiger partial charge on any atom is 0.123 e. The van der Waals surface area contributed by atoms with Crippen molar-refractivity contribution in [3.8, 4) is 0 Å². The molecule has 0 amide bonds. The summed E-state index contributed by atoms with van der Waals surface area (Å²) >= 11 is 1.75. The van der Waals surface area contributed by atoms with Crippen LogP contribution in [-0.2, 0) is 6.54 Å². The van der Waals surface area contributed by atoms with E-state index in [0.29, 0.717) is 12.1 Å². The standard InChI is InChI=1S/C18H21FN2.C2H6S.BH3/c1-14-12-21(13-15-5-3-2-4-6-15)18(11-20-14)16-7-9-17(19)10-8-16;1-3-2;/h2-10,14,18,20H,11-13H2,1H3;1-2H3;1H3/t14-,18-;;/m1../s1. The highest BCUT2D eigenvalue weighted by atomic mass is 32.2. The van der Waals surface area contributed by atoms with Gasteiger partial charge in [0.05, 0.1) is 8.41 Å². The summed E-state index contributed by atoms with van der Waals surface area (Å²) < 4.78 is 13.1. The van der Waals surface area contributed by atoms with Crippen LogP contribution in [0.4, 0.5) is 4.39 Å². The highest BCUT2D eigenvalue weighted by Crippen LogP contribution is 2.25. The normalized spacial score (nSPS) is 20.2. The summed E-state index contributed by atoms with van der Waals surface area (Å²) in [7, 11) is 0. The molecule has 0 saturated carbocycles. The van der Waals surface area contributed by atoms with Crippen molar-refractivity contribution in [1.29, 1.82) is 0 Å². The molecule has 136 valence electrons. The number of halogens is 1. The lowest BCUT2D eigenvalue weighted by Crippen LogP contribution is -2.50. The second-order valence-corrected chi connectivity index (χ2v) is 7.02. The zero-order valence-electron chi connectivity index (χ0n) is 14.7. The summed E-state index contributed by atoms with van der Waals surface area (Å²) in [5, 5.41) is 3.53. The first kappa shape index (κ1) is 21.7. The first-order chi connectivity index (χ1) is 11.6. The van der Waals surface area contributed by atoms with Gasteiger partial charge in [0.25, 0.3) is 0 Å². The van der Waals surface area contributed by atoms with E-state index in [1.807, 2.05) is 30.7 Å². The quantitative estimate of drug-likeness (QED) is 0.847. The van der Waals surface area contributed by atoms with Crippen LogP contribution in [0.3, 0.4) is 0 Å². The summed E-state index contributed by atoms with van der Waals surface area (Å²) in [6.07, 6.45) is 4.08. The minimum absolute atomic E-state index is 0. The Morgan fingerprint density at radius 1 is 1.08 bits per heavy atom. The summed E-state index contributed by atoms with van der Waals surface area (Å²) in [5.74, 6) is -0.175. The Kier molecular flexibility index (Phi) is 9.87. The van der Waals surface area contributed by atoms with Crippen LogP contribution in [0.2, 0.25) is 0 Å². The topological polar surface area (TPSA) is 15.3 Å². The Labute approximate surface area is 157 Å². The van der Waals surface area contributed by atoms with Crippen LogP contribution in [-0.4, -0.2) is 45.0 Å². The molecule has 25 heavy (non-hydrogen) atoms. The fourth-order valence-corrected chi connectivity index (χ4v) is 2.99. The lowest BCUT2D eigenvalue weighted by atomic mass is 10.0. The zero-order chi connectivity index (χ0) is 17.4. The van der Waals surface area contributed by atoms with Crippen molar-refractivity contribution < 1.29 is 4.39 Å². The molecule has 0 bridgehead atoms. The monoisotopic (exact) mass is 360 g/mol. The van der Waals surface area contributed by atoms with Crippen LogP contribution in [0, 0.1) is 5.82 Å². The van der Waals surface area contributed by atoms with Gasteiger partial charge in [0.1, 0.15) is 5.82 Å². The minimum atomic E-state index is -0.175. The van der Waals surface area contributed by atoms with Crippen LogP contribution >= 0.6 is 11.8 Å². The van der Waals surface area contributed by atoms with E-state index in [9.17, 15) is 4.39 Å². The molecule has 2 aromatic carbocycles. The maximum atomic E-state index is 13.1. The lowest BCUT2D eigenvalue weighted by molar-refractivity contribution is 0.127. The molecular formula is C20H30BFN2S. The molecule has 0 spiro atoms. The zero-order valence-corrected chi connectivity index (χ0v) is 15.5. The van der Waals surface area contributed by atoms with E-state index in [-0.39, 0.29) is 14.2 Å². The molecule has 5 heteroatoms. The molecule has 1 heterocycles. The molecule has 0 unspecified atom stereocenters. The van der Waals surface area contributed by atoms with Gasteiger partial charge in [-0.05, 0) is 42.7 Å². The average molecular weight is 360 g/mol. The summed E-state index contributed by atoms with van der Waals surface area (Å²) in [5.41, 5.74) is 2.49. The smallest absolute Gasteiger partial charge is 0.123 e. The summed E-state index contributed by atoms with van der Waals surface area (Å²) in [6.45, 7) is 5.03. The number of benzene rings is 2. The van der Waals surface area contributed by atoms with Gasteiger partial charge in [0, 0.05) is 31.7 Å². The third kappa shape index (κ3) is 6.85. The van der Waals surface area contributed by atoms with Crippen molar-refractivity contribution >= 4 is 20.2 Å². The number of rotatable bonds is 3. The van der Waals surface area contributed by atoms with Crippen LogP contribution in [0.25, 0.3) is 0 Å². The first-order valence-electron chi connectivity index (χ1n) is 8.31. The average Bonchev–Trinajstić information content (AvgIpc) is 2.58. The molecule has 0 aromatic heterocycles. The Morgan fingerprint density at radius 3 is 2.28 bits per heavy atom. The fourth-order valence-electron chi connectivity index (χ4n) is 2.99. The van der Waals surface area contributed by atoms with Crippen molar-refractivity contribution in [1.82, 2.24) is 10.2 Å². The Bertz CT molecular complexity index is 594. The molecule has 0 radical (unpaired) electrons. The summed E-state index contributed by atoms with van der Waals surface area (Å²) in [4.78, 5) is 2.48. The van der Waals surface area contributed by atoms with Crippen LogP contribution in [0.1, 0.15) is 24.1 Å². The minimum Gasteiger partial charge on any atom is -0.311 e. The van der Waals surface area contributed by atoms with Gasteiger partial charge in [-0.3, -0.25) is 4.90 Å². The van der Waals surface area contributed by atoms with Gasteiger partial charge in [-0.1, -0.05) is 42.5 Å². The molecule has 2 nitrogen and oxygen atoms in total. The van der Waals surface area contributed by atoms with Crippen LogP contribution in [0.15, 0.2) is 54.6 Å². The molecule has 1 fully saturated rings. The molecule has 2 aromatic rings. The molecule has 3 rings (SSSR count). The van der Waals surface area contributed by atoms with Crippen molar-refractivity contribution in [2.75, 3.05) is 25.6 Å². The predicted molar refractivity (Wildman–Crippen MR) is 113 cm³/mol. The molecule has 1 saturated heterocycles. The number of hydrogen-bond donors (Lipinski definition) is 1. The van der Waals surface area contributed by atoms with Gasteiger partial charge in [-0.15, -0.1) is 0 Å². The highest BCUT2D eigenvalue weighted by Gasteiger charge is 2.26. The molecule has 0 aliphatic carbocycles. The number of hydrogen-bond acceptors (Lipinski definition) is 3. The van der Waals surface area contributed by atoms with Crippen molar-refractivity contribution in [3.05, 3.63) is 71.5 Å². The Balaban J connectivity index is 0.000000730. The third-order valence-electron chi connectivity index (χ3n) is 4.09. The lowest BCUT2D eigenvalue weighted by Gasteiger charge is -2.39. The van der Waals surface area contributed by atoms with E-state index in [4.69, 9.17) is 0 Å². The number of nitrogens with zero attached hydrogens (tertiary/aromatic N) is 1. The highest BCUT2D eigenvalue weighted by molar-refractivity contribution is 7.97.